The van der Waals surface area contributed by atoms with Crippen LogP contribution in [-0.2, 0) is 11.3 Å². The van der Waals surface area contributed by atoms with Crippen LogP contribution in [0.3, 0.4) is 0 Å². The van der Waals surface area contributed by atoms with Gasteiger partial charge in [0.05, 0.1) is 18.3 Å². The smallest absolute Gasteiger partial charge is 0.321 e. The Morgan fingerprint density at radius 3 is 2.84 bits per heavy atom. The number of ether oxygens (including phenoxy) is 1. The number of hydrogen-bond donors (Lipinski definition) is 2. The summed E-state index contributed by atoms with van der Waals surface area (Å²) in [5, 5.41) is 14.8. The van der Waals surface area contributed by atoms with Gasteiger partial charge in [-0.2, -0.15) is 0 Å². The molecule has 3 aromatic rings. The van der Waals surface area contributed by atoms with Crippen molar-refractivity contribution in [3.05, 3.63) is 64.1 Å². The number of benzene rings is 2. The average Bonchev–Trinajstić information content (AvgIpc) is 3.19. The Hall–Kier alpha value is -2.98. The molecule has 0 saturated carbocycles. The van der Waals surface area contributed by atoms with Crippen molar-refractivity contribution in [3.8, 4) is 0 Å². The van der Waals surface area contributed by atoms with Crippen molar-refractivity contribution in [1.82, 2.24) is 20.1 Å². The summed E-state index contributed by atoms with van der Waals surface area (Å²) in [5.41, 5.74) is 2.46. The van der Waals surface area contributed by atoms with Crippen LogP contribution in [0.1, 0.15) is 23.9 Å². The lowest BCUT2D eigenvalue weighted by Gasteiger charge is -2.28. The molecule has 2 amide bonds. The maximum Gasteiger partial charge on any atom is 0.321 e. The maximum atomic E-state index is 13.4. The number of rotatable bonds is 4. The maximum absolute atomic E-state index is 13.4. The van der Waals surface area contributed by atoms with Crippen molar-refractivity contribution >= 4 is 39.3 Å². The van der Waals surface area contributed by atoms with Crippen molar-refractivity contribution in [1.29, 1.82) is 0 Å². The second kappa shape index (κ2) is 8.27. The van der Waals surface area contributed by atoms with Gasteiger partial charge in [-0.15, -0.1) is 10.2 Å². The van der Waals surface area contributed by atoms with Crippen LogP contribution in [0.15, 0.2) is 46.9 Å². The molecule has 160 valence electrons. The van der Waals surface area contributed by atoms with Gasteiger partial charge in [0.15, 0.2) is 5.82 Å². The van der Waals surface area contributed by atoms with Crippen molar-refractivity contribution in [2.24, 2.45) is 0 Å². The molecule has 2 N–H and O–H groups in total. The van der Waals surface area contributed by atoms with E-state index in [9.17, 15) is 9.18 Å². The number of amides is 2. The van der Waals surface area contributed by atoms with E-state index in [-0.39, 0.29) is 17.9 Å². The van der Waals surface area contributed by atoms with E-state index in [0.717, 1.165) is 27.8 Å². The molecule has 2 aromatic carbocycles. The zero-order valence-corrected chi connectivity index (χ0v) is 18.1. The van der Waals surface area contributed by atoms with Crippen LogP contribution in [0.4, 0.5) is 26.5 Å². The first-order chi connectivity index (χ1) is 15.1. The van der Waals surface area contributed by atoms with Gasteiger partial charge >= 0.3 is 6.03 Å². The molecule has 2 aliphatic heterocycles. The summed E-state index contributed by atoms with van der Waals surface area (Å²) < 4.78 is 21.9. The number of anilines is 3. The first-order valence-corrected chi connectivity index (χ1v) is 10.8. The van der Waals surface area contributed by atoms with Crippen LogP contribution >= 0.6 is 15.9 Å². The highest BCUT2D eigenvalue weighted by Gasteiger charge is 2.27. The van der Waals surface area contributed by atoms with Gasteiger partial charge in [0.1, 0.15) is 12.4 Å². The zero-order valence-electron chi connectivity index (χ0n) is 16.5. The van der Waals surface area contributed by atoms with Crippen molar-refractivity contribution in [3.63, 3.8) is 0 Å². The molecule has 1 aromatic heterocycles. The highest BCUT2D eigenvalue weighted by molar-refractivity contribution is 9.10. The number of carbonyl (C=O) groups excluding carboxylic acids is 1. The highest BCUT2D eigenvalue weighted by Crippen LogP contribution is 2.34. The van der Waals surface area contributed by atoms with Crippen molar-refractivity contribution < 1.29 is 13.9 Å². The highest BCUT2D eigenvalue weighted by atomic mass is 79.9. The number of fused-ring (bicyclic) bond motifs is 1. The van der Waals surface area contributed by atoms with Gasteiger partial charge in [0.25, 0.3) is 0 Å². The minimum atomic E-state index is -0.287. The molecular weight excluding hydrogens is 467 g/mol. The summed E-state index contributed by atoms with van der Waals surface area (Å²) in [6.45, 7) is 2.13. The number of nitrogens with one attached hydrogen (secondary N) is 2. The van der Waals surface area contributed by atoms with E-state index in [4.69, 9.17) is 4.74 Å². The number of halogens is 2. The number of carbonyl (C=O) groups is 1. The fourth-order valence-electron chi connectivity index (χ4n) is 3.87. The Morgan fingerprint density at radius 2 is 2.03 bits per heavy atom. The van der Waals surface area contributed by atoms with E-state index < -0.39 is 0 Å². The van der Waals surface area contributed by atoms with Gasteiger partial charge < -0.3 is 15.4 Å². The molecule has 0 spiro atoms. The van der Waals surface area contributed by atoms with E-state index in [1.807, 2.05) is 22.8 Å². The summed E-state index contributed by atoms with van der Waals surface area (Å²) in [6, 6.07) is 11.8. The van der Waals surface area contributed by atoms with E-state index in [0.29, 0.717) is 38.1 Å². The normalized spacial score (nSPS) is 18.5. The lowest BCUT2D eigenvalue weighted by Crippen LogP contribution is -2.46. The first-order valence-electron chi connectivity index (χ1n) is 9.99. The van der Waals surface area contributed by atoms with Gasteiger partial charge in [0.2, 0.25) is 5.95 Å². The molecule has 0 bridgehead atoms. The minimum absolute atomic E-state index is 0.104. The standard InChI is InChI=1S/C21H20BrFN6O2/c22-16-7-6-15(28-9-1-8-24-21(28)30)10-17(16)25-20-27-26-19-12-31-11-18(29(19)20)13-2-4-14(23)5-3-13/h2-7,10,18H,1,8-9,11-12H2,(H,24,30)(H,25,27). The van der Waals surface area contributed by atoms with Gasteiger partial charge in [-0.25, -0.2) is 9.18 Å². The monoisotopic (exact) mass is 486 g/mol. The van der Waals surface area contributed by atoms with Gasteiger partial charge in [-0.3, -0.25) is 9.47 Å². The van der Waals surface area contributed by atoms with Crippen LogP contribution < -0.4 is 15.5 Å². The number of urea groups is 1. The van der Waals surface area contributed by atoms with E-state index in [1.54, 1.807) is 17.0 Å². The third kappa shape index (κ3) is 3.88. The van der Waals surface area contributed by atoms with Crippen LogP contribution in [0.2, 0.25) is 0 Å². The Balaban J connectivity index is 1.48. The van der Waals surface area contributed by atoms with Gasteiger partial charge in [0, 0.05) is 23.2 Å². The predicted octanol–water partition coefficient (Wildman–Crippen LogP) is 3.96. The van der Waals surface area contributed by atoms with E-state index in [2.05, 4.69) is 36.8 Å². The Morgan fingerprint density at radius 1 is 1.19 bits per heavy atom. The largest absolute Gasteiger partial charge is 0.371 e. The second-order valence-electron chi connectivity index (χ2n) is 7.42. The number of aromatic nitrogens is 3. The topological polar surface area (TPSA) is 84.3 Å². The number of nitrogens with zero attached hydrogens (tertiary/aromatic N) is 4. The summed E-state index contributed by atoms with van der Waals surface area (Å²) in [7, 11) is 0. The lowest BCUT2D eigenvalue weighted by molar-refractivity contribution is 0.0670. The van der Waals surface area contributed by atoms with Gasteiger partial charge in [-0.1, -0.05) is 12.1 Å². The molecule has 5 rings (SSSR count). The Bertz CT molecular complexity index is 1120. The molecule has 0 aliphatic carbocycles. The Labute approximate surface area is 186 Å². The molecular formula is C21H20BrFN6O2. The molecule has 1 atom stereocenters. The van der Waals surface area contributed by atoms with Crippen molar-refractivity contribution in [2.75, 3.05) is 29.9 Å². The zero-order chi connectivity index (χ0) is 21.4. The molecule has 1 fully saturated rings. The average molecular weight is 487 g/mol. The predicted molar refractivity (Wildman–Crippen MR) is 117 cm³/mol. The second-order valence-corrected chi connectivity index (χ2v) is 8.27. The summed E-state index contributed by atoms with van der Waals surface area (Å²) >= 11 is 3.57. The SMILES string of the molecule is O=C1NCCCN1c1ccc(Br)c(Nc2nnc3n2C(c2ccc(F)cc2)COC3)c1. The van der Waals surface area contributed by atoms with E-state index in [1.165, 1.54) is 12.1 Å². The molecule has 10 heteroatoms. The molecule has 31 heavy (non-hydrogen) atoms. The lowest BCUT2D eigenvalue weighted by atomic mass is 10.1. The quantitative estimate of drug-likeness (QED) is 0.582. The van der Waals surface area contributed by atoms with E-state index >= 15 is 0 Å². The molecule has 2 aliphatic rings. The van der Waals surface area contributed by atoms with Crippen LogP contribution in [0, 0.1) is 5.82 Å². The first kappa shape index (κ1) is 20.0. The molecule has 1 saturated heterocycles. The number of hydrogen-bond acceptors (Lipinski definition) is 5. The molecule has 3 heterocycles. The fraction of sp³-hybridized carbons (Fsp3) is 0.286. The van der Waals surface area contributed by atoms with Crippen LogP contribution in [0.25, 0.3) is 0 Å². The molecule has 1 unspecified atom stereocenters. The Kier molecular flexibility index (Phi) is 5.33. The third-order valence-corrected chi connectivity index (χ3v) is 6.12. The summed E-state index contributed by atoms with van der Waals surface area (Å²) in [5.74, 6) is 0.949. The summed E-state index contributed by atoms with van der Waals surface area (Å²) in [6.07, 6.45) is 0.890. The fourth-order valence-corrected chi connectivity index (χ4v) is 4.22. The molecule has 0 radical (unpaired) electrons. The minimum Gasteiger partial charge on any atom is -0.371 e. The molecule has 8 nitrogen and oxygen atoms in total. The van der Waals surface area contributed by atoms with Crippen molar-refractivity contribution in [2.45, 2.75) is 19.1 Å². The third-order valence-electron chi connectivity index (χ3n) is 5.43. The van der Waals surface area contributed by atoms with Gasteiger partial charge in [-0.05, 0) is 58.2 Å². The van der Waals surface area contributed by atoms with Crippen LogP contribution in [-0.4, -0.2) is 40.5 Å². The summed E-state index contributed by atoms with van der Waals surface area (Å²) in [4.78, 5) is 14.0. The van der Waals surface area contributed by atoms with Crippen LogP contribution in [0.5, 0.6) is 0 Å².